The number of sulfone groups is 1. The molecular weight excluding hydrogens is 322 g/mol. The van der Waals surface area contributed by atoms with Crippen molar-refractivity contribution < 1.29 is 8.42 Å². The lowest BCUT2D eigenvalue weighted by Gasteiger charge is -2.09. The van der Waals surface area contributed by atoms with Gasteiger partial charge in [-0.2, -0.15) is 0 Å². The van der Waals surface area contributed by atoms with Crippen molar-refractivity contribution >= 4 is 20.6 Å². The first-order chi connectivity index (χ1) is 11.6. The van der Waals surface area contributed by atoms with Crippen molar-refractivity contribution in [2.45, 2.75) is 43.1 Å². The summed E-state index contributed by atoms with van der Waals surface area (Å²) in [6, 6.07) is 13.6. The fourth-order valence-electron chi connectivity index (χ4n) is 3.16. The van der Waals surface area contributed by atoms with Gasteiger partial charge in [0, 0.05) is 12.5 Å². The van der Waals surface area contributed by atoms with Gasteiger partial charge in [0.2, 0.25) is 15.0 Å². The summed E-state index contributed by atoms with van der Waals surface area (Å²) in [5, 5.41) is 10.3. The van der Waals surface area contributed by atoms with Gasteiger partial charge in [-0.15, -0.1) is 10.2 Å². The largest absolute Gasteiger partial charge is 0.302 e. The summed E-state index contributed by atoms with van der Waals surface area (Å²) < 4.78 is 27.7. The summed E-state index contributed by atoms with van der Waals surface area (Å²) in [6.07, 6.45) is 2.14. The van der Waals surface area contributed by atoms with Crippen molar-refractivity contribution in [3.8, 4) is 0 Å². The van der Waals surface area contributed by atoms with Crippen LogP contribution in [0, 0.1) is 0 Å². The maximum Gasteiger partial charge on any atom is 0.250 e. The van der Waals surface area contributed by atoms with Gasteiger partial charge < -0.3 is 4.57 Å². The molecule has 0 spiro atoms. The molecular formula is C18H19N3O2S. The SMILES string of the molecule is CCn1c(C2CC2)nnc1S(=O)(=O)Cc1cccc2ccccc12. The Hall–Kier alpha value is -2.21. The molecule has 1 saturated carbocycles. The molecule has 1 fully saturated rings. The summed E-state index contributed by atoms with van der Waals surface area (Å²) in [6.45, 7) is 2.51. The lowest BCUT2D eigenvalue weighted by molar-refractivity contribution is 0.562. The zero-order valence-corrected chi connectivity index (χ0v) is 14.3. The number of nitrogens with zero attached hydrogens (tertiary/aromatic N) is 3. The minimum atomic E-state index is -3.54. The summed E-state index contributed by atoms with van der Waals surface area (Å²) in [5.41, 5.74) is 0.798. The molecule has 0 saturated heterocycles. The first kappa shape index (κ1) is 15.3. The van der Waals surface area contributed by atoms with Crippen LogP contribution < -0.4 is 0 Å². The number of fused-ring (bicyclic) bond motifs is 1. The van der Waals surface area contributed by atoms with E-state index in [0.29, 0.717) is 12.5 Å². The predicted molar refractivity (Wildman–Crippen MR) is 92.5 cm³/mol. The molecule has 0 atom stereocenters. The Balaban J connectivity index is 1.76. The standard InChI is InChI=1S/C18H19N3O2S/c1-2-21-17(14-10-11-14)19-20-18(21)24(22,23)12-15-8-5-7-13-6-3-4-9-16(13)15/h3-9,14H,2,10-12H2,1H3. The molecule has 0 radical (unpaired) electrons. The highest BCUT2D eigenvalue weighted by Gasteiger charge is 2.33. The van der Waals surface area contributed by atoms with Crippen LogP contribution in [0.4, 0.5) is 0 Å². The second kappa shape index (κ2) is 5.70. The van der Waals surface area contributed by atoms with Crippen molar-refractivity contribution in [2.75, 3.05) is 0 Å². The van der Waals surface area contributed by atoms with Crippen LogP contribution in [-0.2, 0) is 22.1 Å². The molecule has 2 aromatic carbocycles. The van der Waals surface area contributed by atoms with Gasteiger partial charge in [0.25, 0.3) is 0 Å². The fourth-order valence-corrected chi connectivity index (χ4v) is 4.67. The van der Waals surface area contributed by atoms with E-state index in [1.165, 1.54) is 0 Å². The van der Waals surface area contributed by atoms with Crippen molar-refractivity contribution in [3.05, 3.63) is 53.9 Å². The van der Waals surface area contributed by atoms with Crippen molar-refractivity contribution in [2.24, 2.45) is 0 Å². The number of benzene rings is 2. The number of hydrogen-bond acceptors (Lipinski definition) is 4. The Morgan fingerprint density at radius 1 is 1.08 bits per heavy atom. The van der Waals surface area contributed by atoms with Crippen molar-refractivity contribution in [1.82, 2.24) is 14.8 Å². The van der Waals surface area contributed by atoms with Gasteiger partial charge in [0.1, 0.15) is 5.82 Å². The first-order valence-corrected chi connectivity index (χ1v) is 9.88. The Bertz CT molecular complexity index is 999. The molecule has 0 bridgehead atoms. The van der Waals surface area contributed by atoms with Crippen molar-refractivity contribution in [3.63, 3.8) is 0 Å². The smallest absolute Gasteiger partial charge is 0.250 e. The minimum absolute atomic E-state index is 0.0584. The Kier molecular flexibility index (Phi) is 3.64. The normalized spacial score (nSPS) is 15.0. The van der Waals surface area contributed by atoms with Crippen LogP contribution in [0.25, 0.3) is 10.8 Å². The van der Waals surface area contributed by atoms with E-state index in [2.05, 4.69) is 10.2 Å². The Morgan fingerprint density at radius 2 is 1.83 bits per heavy atom. The van der Waals surface area contributed by atoms with Gasteiger partial charge in [0.15, 0.2) is 0 Å². The molecule has 5 nitrogen and oxygen atoms in total. The van der Waals surface area contributed by atoms with Gasteiger partial charge in [-0.1, -0.05) is 42.5 Å². The third kappa shape index (κ3) is 2.60. The molecule has 1 aliphatic carbocycles. The topological polar surface area (TPSA) is 64.8 Å². The minimum Gasteiger partial charge on any atom is -0.302 e. The maximum atomic E-state index is 13.0. The van der Waals surface area contributed by atoms with Gasteiger partial charge >= 0.3 is 0 Å². The highest BCUT2D eigenvalue weighted by molar-refractivity contribution is 7.90. The lowest BCUT2D eigenvalue weighted by atomic mass is 10.1. The Labute approximate surface area is 141 Å². The monoisotopic (exact) mass is 341 g/mol. The summed E-state index contributed by atoms with van der Waals surface area (Å²) in [5.74, 6) is 1.13. The molecule has 6 heteroatoms. The second-order valence-electron chi connectivity index (χ2n) is 6.26. The van der Waals surface area contributed by atoms with E-state index in [0.717, 1.165) is 35.0 Å². The number of aromatic nitrogens is 3. The van der Waals surface area contributed by atoms with Crippen LogP contribution in [0.1, 0.15) is 37.1 Å². The quantitative estimate of drug-likeness (QED) is 0.714. The fraction of sp³-hybridized carbons (Fsp3) is 0.333. The Morgan fingerprint density at radius 3 is 2.58 bits per heavy atom. The average Bonchev–Trinajstić information content (AvgIpc) is 3.33. The molecule has 0 unspecified atom stereocenters. The molecule has 24 heavy (non-hydrogen) atoms. The molecule has 4 rings (SSSR count). The summed E-state index contributed by atoms with van der Waals surface area (Å²) in [7, 11) is -3.54. The zero-order valence-electron chi connectivity index (χ0n) is 13.5. The first-order valence-electron chi connectivity index (χ1n) is 8.22. The van der Waals surface area contributed by atoms with Crippen molar-refractivity contribution in [1.29, 1.82) is 0 Å². The average molecular weight is 341 g/mol. The maximum absolute atomic E-state index is 13.0. The van der Waals surface area contributed by atoms with E-state index in [-0.39, 0.29) is 10.9 Å². The van der Waals surface area contributed by atoms with E-state index < -0.39 is 9.84 Å². The summed E-state index contributed by atoms with van der Waals surface area (Å²) in [4.78, 5) is 0. The molecule has 1 heterocycles. The van der Waals surface area contributed by atoms with Crippen LogP contribution >= 0.6 is 0 Å². The zero-order chi connectivity index (χ0) is 16.7. The molecule has 1 aromatic heterocycles. The highest BCUT2D eigenvalue weighted by Crippen LogP contribution is 2.39. The van der Waals surface area contributed by atoms with Gasteiger partial charge in [-0.05, 0) is 36.1 Å². The molecule has 0 amide bonds. The molecule has 3 aromatic rings. The van der Waals surface area contributed by atoms with E-state index in [1.807, 2.05) is 49.4 Å². The second-order valence-corrected chi connectivity index (χ2v) is 8.14. The van der Waals surface area contributed by atoms with Gasteiger partial charge in [-0.3, -0.25) is 0 Å². The van der Waals surface area contributed by atoms with Crippen LogP contribution in [-0.4, -0.2) is 23.2 Å². The lowest BCUT2D eigenvalue weighted by Crippen LogP contribution is -2.14. The van der Waals surface area contributed by atoms with Crippen LogP contribution in [0.5, 0.6) is 0 Å². The molecule has 0 N–H and O–H groups in total. The number of rotatable bonds is 5. The van der Waals surface area contributed by atoms with Gasteiger partial charge in [-0.25, -0.2) is 8.42 Å². The van der Waals surface area contributed by atoms with Crippen LogP contribution in [0.3, 0.4) is 0 Å². The molecule has 0 aliphatic heterocycles. The summed E-state index contributed by atoms with van der Waals surface area (Å²) >= 11 is 0. The predicted octanol–water partition coefficient (Wildman–Crippen LogP) is 3.30. The van der Waals surface area contributed by atoms with Crippen LogP contribution in [0.15, 0.2) is 47.6 Å². The van der Waals surface area contributed by atoms with Crippen LogP contribution in [0.2, 0.25) is 0 Å². The molecule has 1 aliphatic rings. The third-order valence-electron chi connectivity index (χ3n) is 4.51. The molecule has 124 valence electrons. The highest BCUT2D eigenvalue weighted by atomic mass is 32.2. The van der Waals surface area contributed by atoms with Gasteiger partial charge in [0.05, 0.1) is 5.75 Å². The van der Waals surface area contributed by atoms with E-state index in [4.69, 9.17) is 0 Å². The van der Waals surface area contributed by atoms with E-state index in [9.17, 15) is 8.42 Å². The number of hydrogen-bond donors (Lipinski definition) is 0. The third-order valence-corrected chi connectivity index (χ3v) is 6.06. The van der Waals surface area contributed by atoms with E-state index >= 15 is 0 Å². The van der Waals surface area contributed by atoms with E-state index in [1.54, 1.807) is 4.57 Å².